The van der Waals surface area contributed by atoms with Crippen molar-refractivity contribution in [2.75, 3.05) is 47.4 Å². The summed E-state index contributed by atoms with van der Waals surface area (Å²) < 4.78 is 5.08. The molecule has 34 heavy (non-hydrogen) atoms. The standard InChI is InChI=1S/C26H44N4O4/c1-6-20(2)25(26(33)30(4)23(18-31)19-34-5)29-16-10-14-22-12-8-7-11-21(22)13-9-15-28-24(32)17-27-3/h7-8,11-12,18,20,23,25,27,29H,6,9-10,13-17,19H2,1-5H3,(H,28,32). The zero-order chi connectivity index (χ0) is 25.3. The molecule has 8 heteroatoms. The van der Waals surface area contributed by atoms with E-state index < -0.39 is 6.04 Å². The number of nitrogens with zero attached hydrogens (tertiary/aromatic N) is 1. The van der Waals surface area contributed by atoms with Crippen molar-refractivity contribution in [2.24, 2.45) is 5.92 Å². The molecule has 0 aliphatic heterocycles. The molecule has 2 amide bonds. The van der Waals surface area contributed by atoms with Gasteiger partial charge in [-0.2, -0.15) is 0 Å². The highest BCUT2D eigenvalue weighted by molar-refractivity contribution is 5.84. The monoisotopic (exact) mass is 476 g/mol. The Balaban J connectivity index is 2.60. The molecule has 0 fully saturated rings. The van der Waals surface area contributed by atoms with E-state index in [0.717, 1.165) is 38.4 Å². The minimum absolute atomic E-state index is 0.0135. The summed E-state index contributed by atoms with van der Waals surface area (Å²) in [7, 11) is 4.94. The second kappa shape index (κ2) is 17.2. The summed E-state index contributed by atoms with van der Waals surface area (Å²) in [5, 5.41) is 9.20. The number of benzene rings is 1. The highest BCUT2D eigenvalue weighted by atomic mass is 16.5. The molecule has 0 aliphatic carbocycles. The lowest BCUT2D eigenvalue weighted by Gasteiger charge is -2.31. The number of likely N-dealkylation sites (N-methyl/N-ethyl adjacent to an activating group) is 2. The first kappa shape index (κ1) is 29.7. The van der Waals surface area contributed by atoms with Crippen LogP contribution in [0.4, 0.5) is 0 Å². The number of methoxy groups -OCH3 is 1. The predicted molar refractivity (Wildman–Crippen MR) is 136 cm³/mol. The second-order valence-corrected chi connectivity index (χ2v) is 8.78. The molecule has 0 radical (unpaired) electrons. The van der Waals surface area contributed by atoms with Crippen LogP contribution in [0, 0.1) is 5.92 Å². The van der Waals surface area contributed by atoms with Crippen LogP contribution in [0.1, 0.15) is 44.2 Å². The van der Waals surface area contributed by atoms with E-state index in [1.807, 2.05) is 6.07 Å². The van der Waals surface area contributed by atoms with Crippen LogP contribution in [0.3, 0.4) is 0 Å². The molecule has 0 bridgehead atoms. The van der Waals surface area contributed by atoms with Crippen molar-refractivity contribution < 1.29 is 19.1 Å². The maximum absolute atomic E-state index is 13.1. The van der Waals surface area contributed by atoms with Gasteiger partial charge in [0.2, 0.25) is 11.8 Å². The van der Waals surface area contributed by atoms with E-state index in [9.17, 15) is 14.4 Å². The third-order valence-corrected chi connectivity index (χ3v) is 6.21. The van der Waals surface area contributed by atoms with Crippen LogP contribution in [0.5, 0.6) is 0 Å². The molecule has 0 spiro atoms. The molecule has 192 valence electrons. The molecule has 8 nitrogen and oxygen atoms in total. The van der Waals surface area contributed by atoms with Crippen LogP contribution in [0.15, 0.2) is 24.3 Å². The molecule has 1 rings (SSSR count). The predicted octanol–water partition coefficient (Wildman–Crippen LogP) is 1.56. The van der Waals surface area contributed by atoms with Crippen molar-refractivity contribution in [1.82, 2.24) is 20.9 Å². The number of carbonyl (C=O) groups excluding carboxylic acids is 3. The lowest BCUT2D eigenvalue weighted by Crippen LogP contribution is -2.53. The molecule has 3 atom stereocenters. The van der Waals surface area contributed by atoms with Crippen LogP contribution < -0.4 is 16.0 Å². The highest BCUT2D eigenvalue weighted by Gasteiger charge is 2.29. The first-order chi connectivity index (χ1) is 16.4. The smallest absolute Gasteiger partial charge is 0.240 e. The Bertz CT molecular complexity index is 743. The van der Waals surface area contributed by atoms with Crippen LogP contribution >= 0.6 is 0 Å². The van der Waals surface area contributed by atoms with E-state index in [2.05, 4.69) is 48.0 Å². The summed E-state index contributed by atoms with van der Waals surface area (Å²) in [6.07, 6.45) is 5.23. The van der Waals surface area contributed by atoms with Gasteiger partial charge in [0.15, 0.2) is 0 Å². The van der Waals surface area contributed by atoms with Crippen LogP contribution in [-0.4, -0.2) is 82.5 Å². The van der Waals surface area contributed by atoms with Crippen LogP contribution in [0.25, 0.3) is 0 Å². The Kier molecular flexibility index (Phi) is 15.0. The summed E-state index contributed by atoms with van der Waals surface area (Å²) in [5.74, 6) is 0.0824. The van der Waals surface area contributed by atoms with Gasteiger partial charge in [0.05, 0.1) is 19.2 Å². The molecule has 1 aromatic carbocycles. The Labute approximate surface area is 205 Å². The van der Waals surface area contributed by atoms with Gasteiger partial charge in [0.25, 0.3) is 0 Å². The van der Waals surface area contributed by atoms with E-state index >= 15 is 0 Å². The minimum atomic E-state index is -0.583. The lowest BCUT2D eigenvalue weighted by atomic mass is 9.96. The van der Waals surface area contributed by atoms with Gasteiger partial charge in [-0.15, -0.1) is 0 Å². The average Bonchev–Trinajstić information content (AvgIpc) is 2.84. The molecule has 0 aromatic heterocycles. The topological polar surface area (TPSA) is 99.8 Å². The van der Waals surface area contributed by atoms with Gasteiger partial charge >= 0.3 is 0 Å². The van der Waals surface area contributed by atoms with E-state index in [-0.39, 0.29) is 30.4 Å². The summed E-state index contributed by atoms with van der Waals surface area (Å²) in [6, 6.07) is 7.48. The molecule has 0 saturated carbocycles. The number of hydrogen-bond acceptors (Lipinski definition) is 6. The Hall–Kier alpha value is -2.29. The summed E-state index contributed by atoms with van der Waals surface area (Å²) in [4.78, 5) is 37.5. The number of ether oxygens (including phenoxy) is 1. The third-order valence-electron chi connectivity index (χ3n) is 6.21. The number of aryl methyl sites for hydroxylation is 2. The van der Waals surface area contributed by atoms with E-state index in [4.69, 9.17) is 4.74 Å². The first-order valence-corrected chi connectivity index (χ1v) is 12.3. The quantitative estimate of drug-likeness (QED) is 0.220. The van der Waals surface area contributed by atoms with E-state index in [1.165, 1.54) is 23.1 Å². The Morgan fingerprint density at radius 3 is 2.26 bits per heavy atom. The summed E-state index contributed by atoms with van der Waals surface area (Å²) >= 11 is 0. The van der Waals surface area contributed by atoms with Gasteiger partial charge < -0.3 is 30.4 Å². The van der Waals surface area contributed by atoms with Crippen molar-refractivity contribution in [1.29, 1.82) is 0 Å². The van der Waals surface area contributed by atoms with E-state index in [1.54, 1.807) is 14.1 Å². The number of carbonyl (C=O) groups is 3. The number of hydrogen-bond donors (Lipinski definition) is 3. The normalized spacial score (nSPS) is 13.7. The molecule has 0 heterocycles. The fourth-order valence-electron chi connectivity index (χ4n) is 3.87. The average molecular weight is 477 g/mol. The largest absolute Gasteiger partial charge is 0.382 e. The third kappa shape index (κ3) is 10.3. The fourth-order valence-corrected chi connectivity index (χ4v) is 3.87. The maximum atomic E-state index is 13.1. The van der Waals surface area contributed by atoms with Crippen molar-refractivity contribution in [3.8, 4) is 0 Å². The van der Waals surface area contributed by atoms with Gasteiger partial charge in [-0.1, -0.05) is 44.5 Å². The van der Waals surface area contributed by atoms with Crippen molar-refractivity contribution >= 4 is 18.1 Å². The van der Waals surface area contributed by atoms with Crippen LogP contribution in [-0.2, 0) is 32.0 Å². The van der Waals surface area contributed by atoms with Gasteiger partial charge in [-0.05, 0) is 56.3 Å². The molecular weight excluding hydrogens is 432 g/mol. The molecule has 0 saturated heterocycles. The van der Waals surface area contributed by atoms with Crippen molar-refractivity contribution in [3.05, 3.63) is 35.4 Å². The first-order valence-electron chi connectivity index (χ1n) is 12.3. The highest BCUT2D eigenvalue weighted by Crippen LogP contribution is 2.15. The maximum Gasteiger partial charge on any atom is 0.240 e. The minimum Gasteiger partial charge on any atom is -0.382 e. The van der Waals surface area contributed by atoms with Gasteiger partial charge in [0, 0.05) is 20.7 Å². The lowest BCUT2D eigenvalue weighted by molar-refractivity contribution is -0.139. The number of amides is 2. The Morgan fingerprint density at radius 2 is 1.74 bits per heavy atom. The van der Waals surface area contributed by atoms with E-state index in [0.29, 0.717) is 19.6 Å². The molecule has 3 unspecified atom stereocenters. The fraction of sp³-hybridized carbons (Fsp3) is 0.654. The Morgan fingerprint density at radius 1 is 1.12 bits per heavy atom. The summed E-state index contributed by atoms with van der Waals surface area (Å²) in [5.41, 5.74) is 2.60. The number of nitrogens with one attached hydrogen (secondary N) is 3. The van der Waals surface area contributed by atoms with Crippen molar-refractivity contribution in [2.45, 2.75) is 58.0 Å². The summed E-state index contributed by atoms with van der Waals surface area (Å²) in [6.45, 7) is 6.01. The van der Waals surface area contributed by atoms with Crippen LogP contribution in [0.2, 0.25) is 0 Å². The van der Waals surface area contributed by atoms with Crippen molar-refractivity contribution in [3.63, 3.8) is 0 Å². The molecular formula is C26H44N4O4. The molecule has 0 aliphatic rings. The molecule has 1 aromatic rings. The van der Waals surface area contributed by atoms with Gasteiger partial charge in [-0.25, -0.2) is 0 Å². The SMILES string of the molecule is CCC(C)C(NCCCc1ccccc1CCCNC(=O)CNC)C(=O)N(C)C(C=O)COC. The zero-order valence-electron chi connectivity index (χ0n) is 21.6. The van der Waals surface area contributed by atoms with Gasteiger partial charge in [-0.3, -0.25) is 9.59 Å². The number of aldehydes is 1. The van der Waals surface area contributed by atoms with Gasteiger partial charge in [0.1, 0.15) is 12.3 Å². The second-order valence-electron chi connectivity index (χ2n) is 8.78. The zero-order valence-corrected chi connectivity index (χ0v) is 21.6. The molecule has 3 N–H and O–H groups in total. The number of rotatable bonds is 18.